The van der Waals surface area contributed by atoms with E-state index in [4.69, 9.17) is 10.8 Å². The molecule has 4 N–H and O–H groups in total. The highest BCUT2D eigenvalue weighted by atomic mass is 16.4. The number of hydrogen-bond donors (Lipinski definition) is 3. The quantitative estimate of drug-likeness (QED) is 0.586. The Hall–Kier alpha value is -1.10. The van der Waals surface area contributed by atoms with Crippen molar-refractivity contribution in [2.45, 2.75) is 32.6 Å². The maximum atomic E-state index is 11.7. The zero-order valence-corrected chi connectivity index (χ0v) is 9.66. The van der Waals surface area contributed by atoms with Gasteiger partial charge >= 0.3 is 5.97 Å². The van der Waals surface area contributed by atoms with Crippen LogP contribution in [-0.2, 0) is 9.59 Å². The van der Waals surface area contributed by atoms with Gasteiger partial charge in [-0.3, -0.25) is 9.59 Å². The van der Waals surface area contributed by atoms with E-state index >= 15 is 0 Å². The van der Waals surface area contributed by atoms with E-state index in [1.54, 1.807) is 0 Å². The summed E-state index contributed by atoms with van der Waals surface area (Å²) >= 11 is 0. The molecule has 1 fully saturated rings. The van der Waals surface area contributed by atoms with Gasteiger partial charge < -0.3 is 16.2 Å². The van der Waals surface area contributed by atoms with Crippen molar-refractivity contribution in [3.05, 3.63) is 0 Å². The molecular weight excluding hydrogens is 208 g/mol. The first-order valence-electron chi connectivity index (χ1n) is 5.77. The van der Waals surface area contributed by atoms with Gasteiger partial charge in [0.2, 0.25) is 5.91 Å². The number of carboxylic acids is 1. The van der Waals surface area contributed by atoms with Crippen LogP contribution in [0.4, 0.5) is 0 Å². The minimum absolute atomic E-state index is 0.0858. The number of aliphatic carboxylic acids is 1. The van der Waals surface area contributed by atoms with Gasteiger partial charge in [-0.05, 0) is 19.3 Å². The molecule has 92 valence electrons. The summed E-state index contributed by atoms with van der Waals surface area (Å²) in [5, 5.41) is 11.6. The first-order chi connectivity index (χ1) is 7.55. The van der Waals surface area contributed by atoms with Crippen LogP contribution in [0.25, 0.3) is 0 Å². The average molecular weight is 228 g/mol. The summed E-state index contributed by atoms with van der Waals surface area (Å²) in [5.41, 5.74) is 5.12. The molecule has 5 nitrogen and oxygen atoms in total. The molecule has 0 saturated heterocycles. The molecule has 0 aromatic heterocycles. The fourth-order valence-corrected chi connectivity index (χ4v) is 1.74. The first-order valence-corrected chi connectivity index (χ1v) is 5.77. The topological polar surface area (TPSA) is 92.4 Å². The standard InChI is InChI=1S/C11H20N2O3/c1-2-3-8(9(14)15)6-13-10(16)11(7-12)4-5-11/h8H,2-7,12H2,1H3,(H,13,16)(H,14,15). The van der Waals surface area contributed by atoms with Gasteiger partial charge in [0.05, 0.1) is 11.3 Å². The minimum Gasteiger partial charge on any atom is -0.481 e. The van der Waals surface area contributed by atoms with Crippen LogP contribution in [0, 0.1) is 11.3 Å². The molecule has 0 heterocycles. The molecule has 0 aromatic rings. The molecule has 0 spiro atoms. The zero-order valence-electron chi connectivity index (χ0n) is 9.66. The maximum Gasteiger partial charge on any atom is 0.308 e. The normalized spacial score (nSPS) is 18.9. The fraction of sp³-hybridized carbons (Fsp3) is 0.818. The van der Waals surface area contributed by atoms with Crippen LogP contribution in [0.3, 0.4) is 0 Å². The van der Waals surface area contributed by atoms with Gasteiger partial charge in [0.1, 0.15) is 0 Å². The van der Waals surface area contributed by atoms with Crippen LogP contribution in [0.5, 0.6) is 0 Å². The van der Waals surface area contributed by atoms with Crippen LogP contribution >= 0.6 is 0 Å². The second-order valence-electron chi connectivity index (χ2n) is 4.52. The molecule has 0 aliphatic heterocycles. The van der Waals surface area contributed by atoms with Crippen molar-refractivity contribution in [1.82, 2.24) is 5.32 Å². The van der Waals surface area contributed by atoms with Gasteiger partial charge in [-0.2, -0.15) is 0 Å². The van der Waals surface area contributed by atoms with Crippen LogP contribution in [0.15, 0.2) is 0 Å². The fourth-order valence-electron chi connectivity index (χ4n) is 1.74. The predicted octanol–water partition coefficient (Wildman–Crippen LogP) is 0.342. The number of nitrogens with one attached hydrogen (secondary N) is 1. The van der Waals surface area contributed by atoms with Crippen LogP contribution < -0.4 is 11.1 Å². The SMILES string of the molecule is CCCC(CNC(=O)C1(CN)CC1)C(=O)O. The van der Waals surface area contributed by atoms with Gasteiger partial charge in [0.15, 0.2) is 0 Å². The third-order valence-corrected chi connectivity index (χ3v) is 3.22. The van der Waals surface area contributed by atoms with E-state index in [-0.39, 0.29) is 12.5 Å². The summed E-state index contributed by atoms with van der Waals surface area (Å²) < 4.78 is 0. The number of carbonyl (C=O) groups is 2. The molecule has 1 saturated carbocycles. The molecule has 1 atom stereocenters. The van der Waals surface area contributed by atoms with Crippen LogP contribution in [0.2, 0.25) is 0 Å². The van der Waals surface area contributed by atoms with Crippen molar-refractivity contribution >= 4 is 11.9 Å². The summed E-state index contributed by atoms with van der Waals surface area (Å²) in [6, 6.07) is 0. The summed E-state index contributed by atoms with van der Waals surface area (Å²) in [6.07, 6.45) is 3.03. The second-order valence-corrected chi connectivity index (χ2v) is 4.52. The highest BCUT2D eigenvalue weighted by Gasteiger charge is 2.48. The van der Waals surface area contributed by atoms with E-state index in [9.17, 15) is 9.59 Å². The molecule has 1 rings (SSSR count). The lowest BCUT2D eigenvalue weighted by molar-refractivity contribution is -0.142. The number of carboxylic acid groups (broad SMARTS) is 1. The van der Waals surface area contributed by atoms with Gasteiger partial charge in [-0.15, -0.1) is 0 Å². The van der Waals surface area contributed by atoms with Crippen LogP contribution in [-0.4, -0.2) is 30.1 Å². The summed E-state index contributed by atoms with van der Waals surface area (Å²) in [6.45, 7) is 2.49. The Morgan fingerprint density at radius 2 is 2.12 bits per heavy atom. The van der Waals surface area contributed by atoms with Gasteiger partial charge in [-0.1, -0.05) is 13.3 Å². The number of amides is 1. The van der Waals surface area contributed by atoms with Gasteiger partial charge in [0, 0.05) is 13.1 Å². The lowest BCUT2D eigenvalue weighted by Gasteiger charge is -2.16. The second kappa shape index (κ2) is 5.30. The third-order valence-electron chi connectivity index (χ3n) is 3.22. The Morgan fingerprint density at radius 1 is 1.50 bits per heavy atom. The minimum atomic E-state index is -0.847. The molecule has 0 aromatic carbocycles. The number of nitrogens with two attached hydrogens (primary N) is 1. The van der Waals surface area contributed by atoms with E-state index in [1.807, 2.05) is 6.92 Å². The summed E-state index contributed by atoms with van der Waals surface area (Å²) in [4.78, 5) is 22.6. The molecule has 0 bridgehead atoms. The van der Waals surface area contributed by atoms with Crippen molar-refractivity contribution in [2.75, 3.05) is 13.1 Å². The lowest BCUT2D eigenvalue weighted by Crippen LogP contribution is -2.40. The van der Waals surface area contributed by atoms with Gasteiger partial charge in [0.25, 0.3) is 0 Å². The smallest absolute Gasteiger partial charge is 0.308 e. The van der Waals surface area contributed by atoms with E-state index < -0.39 is 17.3 Å². The molecule has 1 unspecified atom stereocenters. The highest BCUT2D eigenvalue weighted by molar-refractivity contribution is 5.86. The first kappa shape index (κ1) is 13.0. The maximum absolute atomic E-state index is 11.7. The Bertz CT molecular complexity index is 274. The van der Waals surface area contributed by atoms with Crippen molar-refractivity contribution < 1.29 is 14.7 Å². The third kappa shape index (κ3) is 2.95. The summed E-state index contributed by atoms with van der Waals surface area (Å²) in [5.74, 6) is -1.42. The largest absolute Gasteiger partial charge is 0.481 e. The lowest BCUT2D eigenvalue weighted by atomic mass is 10.0. The highest BCUT2D eigenvalue weighted by Crippen LogP contribution is 2.44. The molecule has 1 amide bonds. The molecule has 5 heteroatoms. The van der Waals surface area contributed by atoms with Gasteiger partial charge in [-0.25, -0.2) is 0 Å². The van der Waals surface area contributed by atoms with E-state index in [0.717, 1.165) is 19.3 Å². The van der Waals surface area contributed by atoms with Crippen molar-refractivity contribution in [2.24, 2.45) is 17.1 Å². The monoisotopic (exact) mass is 228 g/mol. The summed E-state index contributed by atoms with van der Waals surface area (Å²) in [7, 11) is 0. The molecule has 16 heavy (non-hydrogen) atoms. The van der Waals surface area contributed by atoms with E-state index in [1.165, 1.54) is 0 Å². The van der Waals surface area contributed by atoms with Crippen molar-refractivity contribution in [3.63, 3.8) is 0 Å². The van der Waals surface area contributed by atoms with Crippen LogP contribution in [0.1, 0.15) is 32.6 Å². The van der Waals surface area contributed by atoms with E-state index in [2.05, 4.69) is 5.32 Å². The number of carbonyl (C=O) groups excluding carboxylic acids is 1. The molecule has 1 aliphatic rings. The molecule has 0 radical (unpaired) electrons. The van der Waals surface area contributed by atoms with Crippen molar-refractivity contribution in [3.8, 4) is 0 Å². The zero-order chi connectivity index (χ0) is 12.2. The Morgan fingerprint density at radius 3 is 2.50 bits per heavy atom. The Balaban J connectivity index is 2.37. The van der Waals surface area contributed by atoms with Crippen molar-refractivity contribution in [1.29, 1.82) is 0 Å². The Labute approximate surface area is 95.4 Å². The average Bonchev–Trinajstić information content (AvgIpc) is 3.04. The Kier molecular flexibility index (Phi) is 4.29. The molecular formula is C11H20N2O3. The number of hydrogen-bond acceptors (Lipinski definition) is 3. The molecule has 1 aliphatic carbocycles. The predicted molar refractivity (Wildman–Crippen MR) is 59.8 cm³/mol. The van der Waals surface area contributed by atoms with E-state index in [0.29, 0.717) is 13.0 Å². The number of rotatable bonds is 7.